The highest BCUT2D eigenvalue weighted by Gasteiger charge is 2.63. The third kappa shape index (κ3) is 1.72. The van der Waals surface area contributed by atoms with Gasteiger partial charge in [-0.1, -0.05) is 13.0 Å². The van der Waals surface area contributed by atoms with Crippen molar-refractivity contribution in [2.24, 2.45) is 17.3 Å². The van der Waals surface area contributed by atoms with Crippen LogP contribution in [-0.2, 0) is 6.42 Å². The van der Waals surface area contributed by atoms with Gasteiger partial charge in [0.05, 0.1) is 0 Å². The minimum Gasteiger partial charge on any atom is -0.508 e. The van der Waals surface area contributed by atoms with Crippen molar-refractivity contribution in [3.05, 3.63) is 29.3 Å². The topological polar surface area (TPSA) is 20.2 Å². The fourth-order valence-electron chi connectivity index (χ4n) is 5.50. The number of phenols is 1. The molecule has 2 fully saturated rings. The van der Waals surface area contributed by atoms with E-state index in [2.05, 4.69) is 0 Å². The smallest absolute Gasteiger partial charge is 0.253 e. The molecule has 1 aromatic rings. The molecule has 2 saturated carbocycles. The summed E-state index contributed by atoms with van der Waals surface area (Å²) in [5.41, 5.74) is 1.74. The molecule has 0 spiro atoms. The van der Waals surface area contributed by atoms with Gasteiger partial charge >= 0.3 is 0 Å². The van der Waals surface area contributed by atoms with Crippen LogP contribution in [0.3, 0.4) is 0 Å². The van der Waals surface area contributed by atoms with E-state index in [0.29, 0.717) is 30.4 Å². The van der Waals surface area contributed by atoms with Crippen LogP contribution in [0.4, 0.5) is 8.78 Å². The van der Waals surface area contributed by atoms with Crippen LogP contribution in [0.25, 0.3) is 0 Å². The van der Waals surface area contributed by atoms with Gasteiger partial charge in [-0.05, 0) is 73.1 Å². The molecule has 0 aromatic heterocycles. The van der Waals surface area contributed by atoms with E-state index < -0.39 is 11.3 Å². The Bertz CT molecular complexity index is 583. The average Bonchev–Trinajstić information content (AvgIpc) is 2.69. The number of rotatable bonds is 0. The van der Waals surface area contributed by atoms with Gasteiger partial charge in [0.2, 0.25) is 0 Å². The summed E-state index contributed by atoms with van der Waals surface area (Å²) < 4.78 is 28.7. The first-order chi connectivity index (χ1) is 9.92. The molecule has 3 heteroatoms. The number of benzene rings is 1. The monoisotopic (exact) mass is 292 g/mol. The second-order valence-corrected chi connectivity index (χ2v) is 7.50. The van der Waals surface area contributed by atoms with Gasteiger partial charge < -0.3 is 5.11 Å². The van der Waals surface area contributed by atoms with E-state index in [1.54, 1.807) is 6.07 Å². The molecule has 114 valence electrons. The molecule has 4 rings (SSSR count). The van der Waals surface area contributed by atoms with Gasteiger partial charge in [-0.2, -0.15) is 0 Å². The molecule has 0 heterocycles. The lowest BCUT2D eigenvalue weighted by Gasteiger charge is -2.50. The summed E-state index contributed by atoms with van der Waals surface area (Å²) in [4.78, 5) is 0. The normalized spacial score (nSPS) is 40.2. The van der Waals surface area contributed by atoms with Gasteiger partial charge in [-0.15, -0.1) is 0 Å². The summed E-state index contributed by atoms with van der Waals surface area (Å²) in [6.45, 7) is 1.83. The van der Waals surface area contributed by atoms with Crippen molar-refractivity contribution in [1.29, 1.82) is 0 Å². The highest BCUT2D eigenvalue weighted by Crippen LogP contribution is 2.65. The fraction of sp³-hybridized carbons (Fsp3) is 0.667. The van der Waals surface area contributed by atoms with Crippen LogP contribution >= 0.6 is 0 Å². The number of hydrogen-bond donors (Lipinski definition) is 1. The van der Waals surface area contributed by atoms with Gasteiger partial charge in [0.25, 0.3) is 5.92 Å². The van der Waals surface area contributed by atoms with E-state index in [0.717, 1.165) is 19.3 Å². The molecule has 1 aromatic carbocycles. The van der Waals surface area contributed by atoms with Crippen LogP contribution in [0, 0.1) is 17.3 Å². The van der Waals surface area contributed by atoms with Crippen LogP contribution in [0.5, 0.6) is 5.75 Å². The highest BCUT2D eigenvalue weighted by atomic mass is 19.3. The number of alkyl halides is 2. The summed E-state index contributed by atoms with van der Waals surface area (Å²) in [5, 5.41) is 9.64. The van der Waals surface area contributed by atoms with Crippen molar-refractivity contribution in [2.75, 3.05) is 0 Å². The van der Waals surface area contributed by atoms with Gasteiger partial charge in [0.15, 0.2) is 0 Å². The predicted octanol–water partition coefficient (Wildman–Crippen LogP) is 4.88. The maximum atomic E-state index is 14.3. The zero-order chi connectivity index (χ0) is 14.8. The van der Waals surface area contributed by atoms with Crippen molar-refractivity contribution in [3.8, 4) is 5.75 Å². The number of aryl methyl sites for hydroxylation is 1. The average molecular weight is 292 g/mol. The summed E-state index contributed by atoms with van der Waals surface area (Å²) >= 11 is 0. The number of halogens is 2. The van der Waals surface area contributed by atoms with Crippen LogP contribution in [0.1, 0.15) is 56.1 Å². The maximum Gasteiger partial charge on any atom is 0.253 e. The van der Waals surface area contributed by atoms with Gasteiger partial charge in [0, 0.05) is 11.8 Å². The number of hydrogen-bond acceptors (Lipinski definition) is 1. The third-order valence-corrected chi connectivity index (χ3v) is 6.70. The summed E-state index contributed by atoms with van der Waals surface area (Å²) in [6, 6.07) is 5.64. The van der Waals surface area contributed by atoms with Crippen LogP contribution in [0.2, 0.25) is 0 Å². The van der Waals surface area contributed by atoms with Crippen molar-refractivity contribution < 1.29 is 13.9 Å². The van der Waals surface area contributed by atoms with E-state index in [-0.39, 0.29) is 12.3 Å². The quantitative estimate of drug-likeness (QED) is 0.722. The lowest BCUT2D eigenvalue weighted by molar-refractivity contribution is -0.132. The minimum absolute atomic E-state index is 0.0693. The Morgan fingerprint density at radius 3 is 2.76 bits per heavy atom. The zero-order valence-corrected chi connectivity index (χ0v) is 12.4. The van der Waals surface area contributed by atoms with Crippen LogP contribution < -0.4 is 0 Å². The molecule has 1 nitrogen and oxygen atoms in total. The first kappa shape index (κ1) is 13.5. The minimum atomic E-state index is -2.49. The number of phenolic OH excluding ortho intramolecular Hbond substituents is 1. The number of aromatic hydroxyl groups is 1. The Morgan fingerprint density at radius 2 is 1.95 bits per heavy atom. The molecule has 4 atom stereocenters. The molecular formula is C18H22F2O. The Hall–Kier alpha value is -1.12. The fourth-order valence-corrected chi connectivity index (χ4v) is 5.50. The lowest BCUT2D eigenvalue weighted by Crippen LogP contribution is -2.46. The predicted molar refractivity (Wildman–Crippen MR) is 77.7 cm³/mol. The third-order valence-electron chi connectivity index (χ3n) is 6.70. The Morgan fingerprint density at radius 1 is 1.14 bits per heavy atom. The standard InChI is InChI=1S/C18H22F2O/c1-17-8-6-14-13-5-3-12(21)10-11(13)2-4-15(14)16(17)7-9-18(17,19)20/h3,5,10,14-16,21H,2,4,6-9H2,1H3/t14-,15?,16+,17+/m1/s1. The molecular weight excluding hydrogens is 270 g/mol. The summed E-state index contributed by atoms with van der Waals surface area (Å²) in [5.74, 6) is -1.19. The Kier molecular flexibility index (Phi) is 2.71. The molecule has 1 N–H and O–H groups in total. The van der Waals surface area contributed by atoms with E-state index in [4.69, 9.17) is 0 Å². The molecule has 21 heavy (non-hydrogen) atoms. The highest BCUT2D eigenvalue weighted by molar-refractivity contribution is 5.40. The molecule has 1 unspecified atom stereocenters. The molecule has 0 radical (unpaired) electrons. The van der Waals surface area contributed by atoms with Crippen LogP contribution in [0.15, 0.2) is 18.2 Å². The van der Waals surface area contributed by atoms with E-state index in [1.165, 1.54) is 11.1 Å². The molecule has 0 aliphatic heterocycles. The van der Waals surface area contributed by atoms with Crippen molar-refractivity contribution in [1.82, 2.24) is 0 Å². The molecule has 0 bridgehead atoms. The van der Waals surface area contributed by atoms with Crippen molar-refractivity contribution in [2.45, 2.75) is 57.3 Å². The Balaban J connectivity index is 1.72. The molecule has 3 aliphatic carbocycles. The van der Waals surface area contributed by atoms with Crippen molar-refractivity contribution in [3.63, 3.8) is 0 Å². The largest absolute Gasteiger partial charge is 0.508 e. The lowest BCUT2D eigenvalue weighted by atomic mass is 9.55. The molecule has 0 amide bonds. The van der Waals surface area contributed by atoms with Crippen molar-refractivity contribution >= 4 is 0 Å². The summed E-state index contributed by atoms with van der Waals surface area (Å²) in [7, 11) is 0. The van der Waals surface area contributed by atoms with Gasteiger partial charge in [-0.3, -0.25) is 0 Å². The molecule has 0 saturated heterocycles. The maximum absolute atomic E-state index is 14.3. The van der Waals surface area contributed by atoms with Gasteiger partial charge in [0.1, 0.15) is 5.75 Å². The van der Waals surface area contributed by atoms with E-state index >= 15 is 0 Å². The molecule has 3 aliphatic rings. The van der Waals surface area contributed by atoms with Gasteiger partial charge in [-0.25, -0.2) is 8.78 Å². The SMILES string of the molecule is C[C@]12CC[C@@H]3c4ccc(O)cc4CCC3[C@@H]1CCC2(F)F. The van der Waals surface area contributed by atoms with E-state index in [9.17, 15) is 13.9 Å². The second kappa shape index (κ2) is 4.21. The Labute approximate surface area is 124 Å². The second-order valence-electron chi connectivity index (χ2n) is 7.50. The number of fused-ring (bicyclic) bond motifs is 5. The zero-order valence-electron chi connectivity index (χ0n) is 12.4. The first-order valence-corrected chi connectivity index (χ1v) is 8.12. The summed E-state index contributed by atoms with van der Waals surface area (Å²) in [6.07, 6.45) is 4.16. The van der Waals surface area contributed by atoms with E-state index in [1.807, 2.05) is 19.1 Å². The van der Waals surface area contributed by atoms with Crippen LogP contribution in [-0.4, -0.2) is 11.0 Å². The first-order valence-electron chi connectivity index (χ1n) is 8.12.